The topological polar surface area (TPSA) is 29.9 Å². The maximum absolute atomic E-state index is 5.12. The van der Waals surface area contributed by atoms with Crippen LogP contribution in [0.25, 0.3) is 0 Å². The van der Waals surface area contributed by atoms with Crippen molar-refractivity contribution in [1.82, 2.24) is 9.55 Å². The average molecular weight is 220 g/mol. The summed E-state index contributed by atoms with van der Waals surface area (Å²) in [5.41, 5.74) is 1.20. The summed E-state index contributed by atoms with van der Waals surface area (Å²) in [4.78, 5) is 2.96. The molecular formula is C11H12N2OS. The molecule has 0 atom stereocenters. The van der Waals surface area contributed by atoms with Gasteiger partial charge in [-0.2, -0.15) is 0 Å². The van der Waals surface area contributed by atoms with E-state index in [4.69, 9.17) is 17.0 Å². The first kappa shape index (κ1) is 9.98. The number of methoxy groups -OCH3 is 1. The molecule has 1 N–H and O–H groups in total. The van der Waals surface area contributed by atoms with Crippen LogP contribution in [0.5, 0.6) is 5.75 Å². The summed E-state index contributed by atoms with van der Waals surface area (Å²) >= 11 is 5.12. The molecule has 15 heavy (non-hydrogen) atoms. The van der Waals surface area contributed by atoms with E-state index in [0.717, 1.165) is 17.1 Å². The van der Waals surface area contributed by atoms with Crippen molar-refractivity contribution >= 4 is 12.2 Å². The van der Waals surface area contributed by atoms with Gasteiger partial charge in [0.1, 0.15) is 5.75 Å². The quantitative estimate of drug-likeness (QED) is 0.806. The van der Waals surface area contributed by atoms with Crippen LogP contribution in [0.2, 0.25) is 0 Å². The van der Waals surface area contributed by atoms with Crippen molar-refractivity contribution in [3.05, 3.63) is 47.0 Å². The minimum atomic E-state index is 0.741. The van der Waals surface area contributed by atoms with Crippen molar-refractivity contribution in [2.75, 3.05) is 7.11 Å². The Morgan fingerprint density at radius 3 is 2.60 bits per heavy atom. The zero-order valence-electron chi connectivity index (χ0n) is 8.43. The molecular weight excluding hydrogens is 208 g/mol. The highest BCUT2D eigenvalue weighted by atomic mass is 32.1. The predicted octanol–water partition coefficient (Wildman–Crippen LogP) is 2.60. The van der Waals surface area contributed by atoms with Gasteiger partial charge < -0.3 is 14.3 Å². The molecule has 0 unspecified atom stereocenters. The van der Waals surface area contributed by atoms with Crippen molar-refractivity contribution in [1.29, 1.82) is 0 Å². The minimum Gasteiger partial charge on any atom is -0.497 e. The lowest BCUT2D eigenvalue weighted by atomic mass is 10.2. The molecule has 0 saturated carbocycles. The van der Waals surface area contributed by atoms with Crippen LogP contribution in [0, 0.1) is 4.77 Å². The summed E-state index contributed by atoms with van der Waals surface area (Å²) in [6, 6.07) is 7.97. The number of nitrogens with one attached hydrogen (secondary N) is 1. The number of aromatic amines is 1. The first-order valence-corrected chi connectivity index (χ1v) is 5.07. The van der Waals surface area contributed by atoms with Crippen LogP contribution in [0.1, 0.15) is 5.56 Å². The first-order valence-electron chi connectivity index (χ1n) is 4.66. The van der Waals surface area contributed by atoms with Gasteiger partial charge in [0.05, 0.1) is 7.11 Å². The third-order valence-corrected chi connectivity index (χ3v) is 2.59. The fourth-order valence-corrected chi connectivity index (χ4v) is 1.59. The third kappa shape index (κ3) is 2.27. The number of nitrogens with zero attached hydrogens (tertiary/aromatic N) is 1. The summed E-state index contributed by atoms with van der Waals surface area (Å²) in [6.45, 7) is 0.784. The number of imidazole rings is 1. The molecule has 2 rings (SSSR count). The number of H-pyrrole nitrogens is 1. The standard InChI is InChI=1S/C11H12N2OS/c1-14-10-4-2-9(3-5-10)8-13-7-6-12-11(13)15/h2-7H,8H2,1H3,(H,12,15). The van der Waals surface area contributed by atoms with Gasteiger partial charge in [-0.3, -0.25) is 0 Å². The van der Waals surface area contributed by atoms with Gasteiger partial charge in [-0.05, 0) is 29.9 Å². The summed E-state index contributed by atoms with van der Waals surface area (Å²) in [5.74, 6) is 0.872. The molecule has 78 valence electrons. The maximum atomic E-state index is 5.12. The highest BCUT2D eigenvalue weighted by molar-refractivity contribution is 7.71. The third-order valence-electron chi connectivity index (χ3n) is 2.23. The summed E-state index contributed by atoms with van der Waals surface area (Å²) in [7, 11) is 1.66. The number of ether oxygens (including phenoxy) is 1. The smallest absolute Gasteiger partial charge is 0.177 e. The van der Waals surface area contributed by atoms with Gasteiger partial charge in [-0.1, -0.05) is 12.1 Å². The lowest BCUT2D eigenvalue weighted by molar-refractivity contribution is 0.414. The van der Waals surface area contributed by atoms with Crippen molar-refractivity contribution < 1.29 is 4.74 Å². The van der Waals surface area contributed by atoms with E-state index in [9.17, 15) is 0 Å². The summed E-state index contributed by atoms with van der Waals surface area (Å²) in [5, 5.41) is 0. The van der Waals surface area contributed by atoms with Crippen LogP contribution in [0.4, 0.5) is 0 Å². The fraction of sp³-hybridized carbons (Fsp3) is 0.182. The Morgan fingerprint density at radius 2 is 2.07 bits per heavy atom. The summed E-state index contributed by atoms with van der Waals surface area (Å²) in [6.07, 6.45) is 3.78. The molecule has 1 aromatic heterocycles. The largest absolute Gasteiger partial charge is 0.497 e. The molecule has 1 aromatic carbocycles. The van der Waals surface area contributed by atoms with Crippen LogP contribution in [-0.4, -0.2) is 16.7 Å². The highest BCUT2D eigenvalue weighted by Crippen LogP contribution is 2.12. The van der Waals surface area contributed by atoms with Gasteiger partial charge in [0.15, 0.2) is 4.77 Å². The normalized spacial score (nSPS) is 10.2. The van der Waals surface area contributed by atoms with E-state index in [1.165, 1.54) is 5.56 Å². The van der Waals surface area contributed by atoms with Gasteiger partial charge in [-0.15, -0.1) is 0 Å². The molecule has 0 radical (unpaired) electrons. The van der Waals surface area contributed by atoms with E-state index in [1.54, 1.807) is 7.11 Å². The van der Waals surface area contributed by atoms with Gasteiger partial charge in [-0.25, -0.2) is 0 Å². The Labute approximate surface area is 93.3 Å². The van der Waals surface area contributed by atoms with E-state index in [-0.39, 0.29) is 0 Å². The van der Waals surface area contributed by atoms with E-state index in [0.29, 0.717) is 0 Å². The van der Waals surface area contributed by atoms with Crippen molar-refractivity contribution in [2.45, 2.75) is 6.54 Å². The lowest BCUT2D eigenvalue weighted by Gasteiger charge is -2.04. The first-order chi connectivity index (χ1) is 7.29. The zero-order chi connectivity index (χ0) is 10.7. The molecule has 0 aliphatic carbocycles. The number of benzene rings is 1. The number of rotatable bonds is 3. The van der Waals surface area contributed by atoms with Crippen LogP contribution in [0.3, 0.4) is 0 Å². The Hall–Kier alpha value is -1.55. The molecule has 0 spiro atoms. The molecule has 1 heterocycles. The van der Waals surface area contributed by atoms with E-state index >= 15 is 0 Å². The molecule has 2 aromatic rings. The van der Waals surface area contributed by atoms with E-state index < -0.39 is 0 Å². The maximum Gasteiger partial charge on any atom is 0.177 e. The second-order valence-corrected chi connectivity index (χ2v) is 3.63. The second-order valence-electron chi connectivity index (χ2n) is 3.24. The Kier molecular flexibility index (Phi) is 2.87. The lowest BCUT2D eigenvalue weighted by Crippen LogP contribution is -1.97. The Balaban J connectivity index is 2.18. The molecule has 3 nitrogen and oxygen atoms in total. The van der Waals surface area contributed by atoms with E-state index in [2.05, 4.69) is 4.98 Å². The van der Waals surface area contributed by atoms with Crippen LogP contribution in [-0.2, 0) is 6.54 Å². The molecule has 0 aliphatic heterocycles. The highest BCUT2D eigenvalue weighted by Gasteiger charge is 1.96. The summed E-state index contributed by atoms with van der Waals surface area (Å²) < 4.78 is 7.82. The molecule has 0 amide bonds. The predicted molar refractivity (Wildman–Crippen MR) is 61.7 cm³/mol. The fourth-order valence-electron chi connectivity index (χ4n) is 1.40. The molecule has 0 saturated heterocycles. The SMILES string of the molecule is COc1ccc(Cn2cc[nH]c2=S)cc1. The monoisotopic (exact) mass is 220 g/mol. The van der Waals surface area contributed by atoms with Crippen LogP contribution in [0.15, 0.2) is 36.7 Å². The van der Waals surface area contributed by atoms with Gasteiger partial charge in [0, 0.05) is 18.9 Å². The molecule has 0 fully saturated rings. The van der Waals surface area contributed by atoms with Crippen molar-refractivity contribution in [2.24, 2.45) is 0 Å². The van der Waals surface area contributed by atoms with Crippen LogP contribution < -0.4 is 4.74 Å². The van der Waals surface area contributed by atoms with Crippen molar-refractivity contribution in [3.8, 4) is 5.75 Å². The van der Waals surface area contributed by atoms with Gasteiger partial charge in [0.25, 0.3) is 0 Å². The average Bonchev–Trinajstić information content (AvgIpc) is 2.66. The Morgan fingerprint density at radius 1 is 1.33 bits per heavy atom. The molecule has 4 heteroatoms. The molecule has 0 aliphatic rings. The van der Waals surface area contributed by atoms with Crippen molar-refractivity contribution in [3.63, 3.8) is 0 Å². The number of aromatic nitrogens is 2. The molecule has 0 bridgehead atoms. The van der Waals surface area contributed by atoms with Gasteiger partial charge in [0.2, 0.25) is 0 Å². The zero-order valence-corrected chi connectivity index (χ0v) is 9.25. The minimum absolute atomic E-state index is 0.741. The number of hydrogen-bond acceptors (Lipinski definition) is 2. The second kappa shape index (κ2) is 4.31. The van der Waals surface area contributed by atoms with Gasteiger partial charge >= 0.3 is 0 Å². The van der Waals surface area contributed by atoms with Crippen LogP contribution >= 0.6 is 12.2 Å². The Bertz CT molecular complexity index is 484. The van der Waals surface area contributed by atoms with E-state index in [1.807, 2.05) is 41.2 Å². The number of hydrogen-bond donors (Lipinski definition) is 1.